The van der Waals surface area contributed by atoms with Gasteiger partial charge < -0.3 is 10.3 Å². The fraction of sp³-hybridized carbons (Fsp3) is 0.312. The summed E-state index contributed by atoms with van der Waals surface area (Å²) in [5, 5.41) is 5.57. The van der Waals surface area contributed by atoms with Gasteiger partial charge in [-0.2, -0.15) is 5.10 Å². The molecular weight excluding hydrogens is 248 g/mol. The third-order valence-electron chi connectivity index (χ3n) is 3.63. The van der Waals surface area contributed by atoms with Gasteiger partial charge in [0.05, 0.1) is 12.7 Å². The van der Waals surface area contributed by atoms with Crippen LogP contribution < -0.4 is 5.73 Å². The third kappa shape index (κ3) is 2.47. The summed E-state index contributed by atoms with van der Waals surface area (Å²) in [5.41, 5.74) is 9.52. The number of hydrogen-bond acceptors (Lipinski definition) is 2. The quantitative estimate of drug-likeness (QED) is 0.772. The molecule has 104 valence electrons. The Bertz CT molecular complexity index is 708. The molecule has 2 heterocycles. The van der Waals surface area contributed by atoms with Crippen molar-refractivity contribution < 1.29 is 0 Å². The Hall–Kier alpha value is -2.07. The van der Waals surface area contributed by atoms with Crippen molar-refractivity contribution in [3.05, 3.63) is 54.0 Å². The molecule has 0 saturated carbocycles. The summed E-state index contributed by atoms with van der Waals surface area (Å²) < 4.78 is 4.15. The minimum Gasteiger partial charge on any atom is -0.343 e. The van der Waals surface area contributed by atoms with Gasteiger partial charge >= 0.3 is 0 Å². The maximum Gasteiger partial charge on any atom is 0.0539 e. The number of aryl methyl sites for hydroxylation is 2. The van der Waals surface area contributed by atoms with Crippen LogP contribution in [0.1, 0.15) is 17.5 Å². The first-order valence-electron chi connectivity index (χ1n) is 7.02. The SMILES string of the molecule is Cn1cc(Cn2cc(CCCN)c3ccccc32)cn1. The zero-order valence-electron chi connectivity index (χ0n) is 11.8. The van der Waals surface area contributed by atoms with E-state index in [0.717, 1.165) is 25.9 Å². The molecule has 2 N–H and O–H groups in total. The molecule has 4 heteroatoms. The lowest BCUT2D eigenvalue weighted by Crippen LogP contribution is -2.00. The Kier molecular flexibility index (Phi) is 3.56. The molecule has 0 radical (unpaired) electrons. The van der Waals surface area contributed by atoms with E-state index < -0.39 is 0 Å². The molecular formula is C16H20N4. The van der Waals surface area contributed by atoms with Crippen molar-refractivity contribution in [2.75, 3.05) is 6.54 Å². The maximum atomic E-state index is 5.64. The van der Waals surface area contributed by atoms with Crippen LogP contribution in [0.25, 0.3) is 10.9 Å². The Balaban J connectivity index is 1.97. The predicted octanol–water partition coefficient (Wildman–Crippen LogP) is 2.31. The van der Waals surface area contributed by atoms with Crippen LogP contribution in [0.15, 0.2) is 42.9 Å². The minimum absolute atomic E-state index is 0.738. The molecule has 0 bridgehead atoms. The maximum absolute atomic E-state index is 5.64. The van der Waals surface area contributed by atoms with Crippen molar-refractivity contribution >= 4 is 10.9 Å². The number of hydrogen-bond donors (Lipinski definition) is 1. The van der Waals surface area contributed by atoms with E-state index in [-0.39, 0.29) is 0 Å². The summed E-state index contributed by atoms with van der Waals surface area (Å²) in [6.07, 6.45) is 8.31. The zero-order valence-corrected chi connectivity index (χ0v) is 11.8. The average molecular weight is 268 g/mol. The Labute approximate surface area is 118 Å². The van der Waals surface area contributed by atoms with E-state index in [9.17, 15) is 0 Å². The summed E-state index contributed by atoms with van der Waals surface area (Å²) in [6.45, 7) is 1.60. The summed E-state index contributed by atoms with van der Waals surface area (Å²) in [6, 6.07) is 8.57. The number of fused-ring (bicyclic) bond motifs is 1. The van der Waals surface area contributed by atoms with Crippen molar-refractivity contribution in [1.29, 1.82) is 0 Å². The number of nitrogens with zero attached hydrogens (tertiary/aromatic N) is 3. The first-order chi connectivity index (χ1) is 9.78. The average Bonchev–Trinajstić information content (AvgIpc) is 3.02. The van der Waals surface area contributed by atoms with Crippen molar-refractivity contribution in [1.82, 2.24) is 14.3 Å². The zero-order chi connectivity index (χ0) is 13.9. The van der Waals surface area contributed by atoms with E-state index >= 15 is 0 Å². The van der Waals surface area contributed by atoms with Gasteiger partial charge in [0.15, 0.2) is 0 Å². The summed E-state index contributed by atoms with van der Waals surface area (Å²) in [7, 11) is 1.95. The molecule has 3 aromatic rings. The molecule has 0 aliphatic heterocycles. The molecule has 0 saturated heterocycles. The second-order valence-electron chi connectivity index (χ2n) is 5.21. The van der Waals surface area contributed by atoms with Crippen LogP contribution in [-0.4, -0.2) is 20.9 Å². The van der Waals surface area contributed by atoms with Gasteiger partial charge in [-0.25, -0.2) is 0 Å². The van der Waals surface area contributed by atoms with Crippen LogP contribution in [0.3, 0.4) is 0 Å². The summed E-state index contributed by atoms with van der Waals surface area (Å²) >= 11 is 0. The van der Waals surface area contributed by atoms with Gasteiger partial charge in [0.1, 0.15) is 0 Å². The van der Waals surface area contributed by atoms with Crippen LogP contribution in [0.5, 0.6) is 0 Å². The molecule has 2 aromatic heterocycles. The number of para-hydroxylation sites is 1. The van der Waals surface area contributed by atoms with E-state index in [1.165, 1.54) is 22.0 Å². The second-order valence-corrected chi connectivity index (χ2v) is 5.21. The Morgan fingerprint density at radius 1 is 1.20 bits per heavy atom. The molecule has 0 aliphatic carbocycles. The van der Waals surface area contributed by atoms with Gasteiger partial charge in [0.25, 0.3) is 0 Å². The molecule has 1 aromatic carbocycles. The van der Waals surface area contributed by atoms with Gasteiger partial charge in [0, 0.05) is 35.9 Å². The number of benzene rings is 1. The van der Waals surface area contributed by atoms with Crippen molar-refractivity contribution in [2.45, 2.75) is 19.4 Å². The molecule has 0 amide bonds. The van der Waals surface area contributed by atoms with Crippen molar-refractivity contribution in [2.24, 2.45) is 12.8 Å². The molecule has 4 nitrogen and oxygen atoms in total. The van der Waals surface area contributed by atoms with Gasteiger partial charge in [-0.1, -0.05) is 18.2 Å². The highest BCUT2D eigenvalue weighted by Gasteiger charge is 2.08. The van der Waals surface area contributed by atoms with Crippen LogP contribution in [0.4, 0.5) is 0 Å². The van der Waals surface area contributed by atoms with E-state index in [1.807, 2.05) is 17.9 Å². The molecule has 0 atom stereocenters. The van der Waals surface area contributed by atoms with E-state index in [0.29, 0.717) is 0 Å². The van der Waals surface area contributed by atoms with Crippen LogP contribution >= 0.6 is 0 Å². The first kappa shape index (κ1) is 12.9. The molecule has 3 rings (SSSR count). The molecule has 0 spiro atoms. The number of rotatable bonds is 5. The van der Waals surface area contributed by atoms with Gasteiger partial charge in [-0.3, -0.25) is 4.68 Å². The lowest BCUT2D eigenvalue weighted by atomic mass is 10.1. The van der Waals surface area contributed by atoms with Gasteiger partial charge in [-0.05, 0) is 31.0 Å². The van der Waals surface area contributed by atoms with Crippen molar-refractivity contribution in [3.8, 4) is 0 Å². The monoisotopic (exact) mass is 268 g/mol. The van der Waals surface area contributed by atoms with Crippen molar-refractivity contribution in [3.63, 3.8) is 0 Å². The molecule has 0 fully saturated rings. The van der Waals surface area contributed by atoms with E-state index in [1.54, 1.807) is 0 Å². The highest BCUT2D eigenvalue weighted by Crippen LogP contribution is 2.23. The smallest absolute Gasteiger partial charge is 0.0539 e. The van der Waals surface area contributed by atoms with Gasteiger partial charge in [-0.15, -0.1) is 0 Å². The van der Waals surface area contributed by atoms with Crippen LogP contribution in [-0.2, 0) is 20.0 Å². The standard InChI is InChI=1S/C16H20N4/c1-19-10-13(9-18-19)11-20-12-14(5-4-8-17)15-6-2-3-7-16(15)20/h2-3,6-7,9-10,12H,4-5,8,11,17H2,1H3. The van der Waals surface area contributed by atoms with Crippen LogP contribution in [0, 0.1) is 0 Å². The van der Waals surface area contributed by atoms with Crippen LogP contribution in [0.2, 0.25) is 0 Å². The number of aromatic nitrogens is 3. The van der Waals surface area contributed by atoms with E-state index in [2.05, 4.69) is 46.3 Å². The van der Waals surface area contributed by atoms with Gasteiger partial charge in [0.2, 0.25) is 0 Å². The fourth-order valence-corrected chi connectivity index (χ4v) is 2.70. The Morgan fingerprint density at radius 2 is 2.05 bits per heavy atom. The number of nitrogens with two attached hydrogens (primary N) is 1. The highest BCUT2D eigenvalue weighted by atomic mass is 15.2. The first-order valence-corrected chi connectivity index (χ1v) is 7.02. The Morgan fingerprint density at radius 3 is 2.80 bits per heavy atom. The minimum atomic E-state index is 0.738. The summed E-state index contributed by atoms with van der Waals surface area (Å²) in [4.78, 5) is 0. The highest BCUT2D eigenvalue weighted by molar-refractivity contribution is 5.84. The molecule has 20 heavy (non-hydrogen) atoms. The largest absolute Gasteiger partial charge is 0.343 e. The molecule has 0 aliphatic rings. The second kappa shape index (κ2) is 5.51. The predicted molar refractivity (Wildman–Crippen MR) is 81.6 cm³/mol. The normalized spacial score (nSPS) is 11.3. The third-order valence-corrected chi connectivity index (χ3v) is 3.63. The lowest BCUT2D eigenvalue weighted by molar-refractivity contribution is 0.764. The summed E-state index contributed by atoms with van der Waals surface area (Å²) in [5.74, 6) is 0. The topological polar surface area (TPSA) is 48.8 Å². The van der Waals surface area contributed by atoms with E-state index in [4.69, 9.17) is 5.73 Å². The lowest BCUT2D eigenvalue weighted by Gasteiger charge is -2.02. The fourth-order valence-electron chi connectivity index (χ4n) is 2.70. The molecule has 0 unspecified atom stereocenters.